The molecule has 0 unspecified atom stereocenters. The number of aromatic nitrogens is 1. The predicted octanol–water partition coefficient (Wildman–Crippen LogP) is 1.03. The second-order valence-corrected chi connectivity index (χ2v) is 4.76. The Morgan fingerprint density at radius 2 is 2.05 bits per heavy atom. The molecule has 1 amide bonds. The standard InChI is InChI=1S/C11H13ClN4O3/c1-14-2-4-15(5-3-14)11(17)8-6-10(12)13-7-9(8)16(18)19/h6-7H,2-5H2,1H3. The van der Waals surface area contributed by atoms with Crippen LogP contribution in [0.25, 0.3) is 0 Å². The van der Waals surface area contributed by atoms with Crippen LogP contribution in [0.3, 0.4) is 0 Å². The molecule has 0 aliphatic carbocycles. The Hall–Kier alpha value is -1.73. The first-order valence-electron chi connectivity index (χ1n) is 5.77. The van der Waals surface area contributed by atoms with Crippen LogP contribution in [0.2, 0.25) is 5.15 Å². The molecule has 1 aromatic heterocycles. The van der Waals surface area contributed by atoms with Crippen molar-refractivity contribution in [3.05, 3.63) is 33.1 Å². The lowest BCUT2D eigenvalue weighted by molar-refractivity contribution is -0.385. The largest absolute Gasteiger partial charge is 0.336 e. The number of carbonyl (C=O) groups excluding carboxylic acids is 1. The first-order chi connectivity index (χ1) is 8.99. The van der Waals surface area contributed by atoms with Gasteiger partial charge < -0.3 is 9.80 Å². The molecular weight excluding hydrogens is 272 g/mol. The summed E-state index contributed by atoms with van der Waals surface area (Å²) >= 11 is 5.71. The van der Waals surface area contributed by atoms with Crippen molar-refractivity contribution in [3.63, 3.8) is 0 Å². The summed E-state index contributed by atoms with van der Waals surface area (Å²) in [5.41, 5.74) is -0.317. The summed E-state index contributed by atoms with van der Waals surface area (Å²) < 4.78 is 0. The molecule has 0 saturated carbocycles. The number of hydrogen-bond acceptors (Lipinski definition) is 5. The molecule has 19 heavy (non-hydrogen) atoms. The molecule has 2 rings (SSSR count). The van der Waals surface area contributed by atoms with Crippen molar-refractivity contribution >= 4 is 23.2 Å². The zero-order valence-electron chi connectivity index (χ0n) is 10.4. The summed E-state index contributed by atoms with van der Waals surface area (Å²) in [4.78, 5) is 29.9. The van der Waals surface area contributed by atoms with Gasteiger partial charge in [0.25, 0.3) is 11.6 Å². The maximum Gasteiger partial charge on any atom is 0.300 e. The molecule has 0 spiro atoms. The molecule has 1 fully saturated rings. The number of piperazine rings is 1. The fourth-order valence-corrected chi connectivity index (χ4v) is 2.08. The summed E-state index contributed by atoms with van der Waals surface area (Å²) in [6.45, 7) is 2.59. The quantitative estimate of drug-likeness (QED) is 0.460. The molecule has 0 atom stereocenters. The third-order valence-electron chi connectivity index (χ3n) is 3.07. The van der Waals surface area contributed by atoms with Crippen molar-refractivity contribution < 1.29 is 9.72 Å². The lowest BCUT2D eigenvalue weighted by atomic mass is 10.2. The molecule has 0 bridgehead atoms. The van der Waals surface area contributed by atoms with Crippen molar-refractivity contribution in [2.24, 2.45) is 0 Å². The van der Waals surface area contributed by atoms with Gasteiger partial charge in [0.15, 0.2) is 0 Å². The Labute approximate surface area is 114 Å². The van der Waals surface area contributed by atoms with Crippen LogP contribution in [0, 0.1) is 10.1 Å². The highest BCUT2D eigenvalue weighted by Crippen LogP contribution is 2.22. The molecule has 102 valence electrons. The average molecular weight is 285 g/mol. The lowest BCUT2D eigenvalue weighted by Crippen LogP contribution is -2.47. The Morgan fingerprint density at radius 1 is 1.42 bits per heavy atom. The fourth-order valence-electron chi connectivity index (χ4n) is 1.92. The van der Waals surface area contributed by atoms with Crippen molar-refractivity contribution in [1.82, 2.24) is 14.8 Å². The second kappa shape index (κ2) is 5.50. The van der Waals surface area contributed by atoms with E-state index in [1.54, 1.807) is 4.90 Å². The van der Waals surface area contributed by atoms with Crippen LogP contribution >= 0.6 is 11.6 Å². The van der Waals surface area contributed by atoms with Crippen LogP contribution in [0.15, 0.2) is 12.3 Å². The van der Waals surface area contributed by atoms with Gasteiger partial charge >= 0.3 is 0 Å². The summed E-state index contributed by atoms with van der Waals surface area (Å²) in [5, 5.41) is 11.0. The number of rotatable bonds is 2. The molecule has 2 heterocycles. The highest BCUT2D eigenvalue weighted by Gasteiger charge is 2.27. The van der Waals surface area contributed by atoms with Gasteiger partial charge in [0.1, 0.15) is 16.9 Å². The number of nitrogens with zero attached hydrogens (tertiary/aromatic N) is 4. The number of carbonyl (C=O) groups is 1. The van der Waals surface area contributed by atoms with Crippen LogP contribution in [0.5, 0.6) is 0 Å². The van der Waals surface area contributed by atoms with Crippen LogP contribution in [0.4, 0.5) is 5.69 Å². The zero-order valence-corrected chi connectivity index (χ0v) is 11.1. The molecule has 0 N–H and O–H groups in total. The van der Waals surface area contributed by atoms with Gasteiger partial charge in [-0.15, -0.1) is 0 Å². The monoisotopic (exact) mass is 284 g/mol. The molecule has 1 saturated heterocycles. The van der Waals surface area contributed by atoms with E-state index in [0.717, 1.165) is 19.3 Å². The fraction of sp³-hybridized carbons (Fsp3) is 0.455. The molecule has 0 aromatic carbocycles. The number of pyridine rings is 1. The summed E-state index contributed by atoms with van der Waals surface area (Å²) in [6.07, 6.45) is 1.02. The van der Waals surface area contributed by atoms with E-state index in [0.29, 0.717) is 13.1 Å². The van der Waals surface area contributed by atoms with Gasteiger partial charge in [-0.2, -0.15) is 0 Å². The van der Waals surface area contributed by atoms with Crippen LogP contribution < -0.4 is 0 Å². The Balaban J connectivity index is 2.27. The normalized spacial score (nSPS) is 16.4. The topological polar surface area (TPSA) is 79.6 Å². The summed E-state index contributed by atoms with van der Waals surface area (Å²) in [6, 6.07) is 1.25. The smallest absolute Gasteiger partial charge is 0.300 e. The minimum absolute atomic E-state index is 0.00504. The van der Waals surface area contributed by atoms with E-state index in [1.807, 2.05) is 7.05 Å². The molecule has 1 aromatic rings. The van der Waals surface area contributed by atoms with Crippen molar-refractivity contribution in [2.45, 2.75) is 0 Å². The van der Waals surface area contributed by atoms with Gasteiger partial charge in [-0.25, -0.2) is 4.98 Å². The van der Waals surface area contributed by atoms with Crippen LogP contribution in [-0.2, 0) is 0 Å². The Bertz CT molecular complexity index is 515. The SMILES string of the molecule is CN1CCN(C(=O)c2cc(Cl)ncc2[N+](=O)[O-])CC1. The third-order valence-corrected chi connectivity index (χ3v) is 3.27. The molecule has 8 heteroatoms. The number of hydrogen-bond donors (Lipinski definition) is 0. The van der Waals surface area contributed by atoms with E-state index in [2.05, 4.69) is 9.88 Å². The van der Waals surface area contributed by atoms with E-state index in [-0.39, 0.29) is 22.3 Å². The first kappa shape index (κ1) is 13.7. The minimum atomic E-state index is -0.618. The average Bonchev–Trinajstić information content (AvgIpc) is 2.38. The second-order valence-electron chi connectivity index (χ2n) is 4.38. The molecule has 1 aliphatic heterocycles. The van der Waals surface area contributed by atoms with Gasteiger partial charge in [0, 0.05) is 26.2 Å². The van der Waals surface area contributed by atoms with Crippen LogP contribution in [0.1, 0.15) is 10.4 Å². The predicted molar refractivity (Wildman–Crippen MR) is 69.3 cm³/mol. The minimum Gasteiger partial charge on any atom is -0.336 e. The summed E-state index contributed by atoms with van der Waals surface area (Å²) in [7, 11) is 1.97. The Morgan fingerprint density at radius 3 is 2.63 bits per heavy atom. The summed E-state index contributed by atoms with van der Waals surface area (Å²) in [5.74, 6) is -0.371. The van der Waals surface area contributed by atoms with Gasteiger partial charge in [-0.1, -0.05) is 11.6 Å². The molecule has 0 radical (unpaired) electrons. The maximum atomic E-state index is 12.3. The number of nitro groups is 1. The molecule has 7 nitrogen and oxygen atoms in total. The Kier molecular flexibility index (Phi) is 3.96. The first-order valence-corrected chi connectivity index (χ1v) is 6.14. The van der Waals surface area contributed by atoms with Crippen molar-refractivity contribution in [3.8, 4) is 0 Å². The highest BCUT2D eigenvalue weighted by molar-refractivity contribution is 6.29. The maximum absolute atomic E-state index is 12.3. The zero-order chi connectivity index (χ0) is 14.0. The van der Waals surface area contributed by atoms with Crippen LogP contribution in [-0.4, -0.2) is 58.8 Å². The van der Waals surface area contributed by atoms with Gasteiger partial charge in [-0.05, 0) is 13.1 Å². The van der Waals surface area contributed by atoms with E-state index in [1.165, 1.54) is 6.07 Å². The number of likely N-dealkylation sites (N-methyl/N-ethyl adjacent to an activating group) is 1. The number of halogens is 1. The molecular formula is C11H13ClN4O3. The van der Waals surface area contributed by atoms with Gasteiger partial charge in [0.05, 0.1) is 4.92 Å². The van der Waals surface area contributed by atoms with E-state index in [4.69, 9.17) is 11.6 Å². The number of amides is 1. The van der Waals surface area contributed by atoms with E-state index < -0.39 is 4.92 Å². The molecule has 1 aliphatic rings. The third kappa shape index (κ3) is 2.99. The van der Waals surface area contributed by atoms with Gasteiger partial charge in [0.2, 0.25) is 0 Å². The van der Waals surface area contributed by atoms with Gasteiger partial charge in [-0.3, -0.25) is 14.9 Å². The van der Waals surface area contributed by atoms with E-state index in [9.17, 15) is 14.9 Å². The van der Waals surface area contributed by atoms with Crippen molar-refractivity contribution in [2.75, 3.05) is 33.2 Å². The highest BCUT2D eigenvalue weighted by atomic mass is 35.5. The lowest BCUT2D eigenvalue weighted by Gasteiger charge is -2.32. The van der Waals surface area contributed by atoms with E-state index >= 15 is 0 Å². The van der Waals surface area contributed by atoms with Crippen molar-refractivity contribution in [1.29, 1.82) is 0 Å².